The molecule has 1 aliphatic carbocycles. The van der Waals surface area contributed by atoms with Crippen LogP contribution < -0.4 is 5.73 Å². The van der Waals surface area contributed by atoms with Crippen LogP contribution in [-0.4, -0.2) is 29.9 Å². The van der Waals surface area contributed by atoms with E-state index in [-0.39, 0.29) is 5.92 Å². The molecular weight excluding hydrogens is 390 g/mol. The number of aromatic nitrogens is 6. The molecule has 0 spiro atoms. The van der Waals surface area contributed by atoms with Crippen LogP contribution in [0.5, 0.6) is 0 Å². The van der Waals surface area contributed by atoms with E-state index in [1.54, 1.807) is 12.4 Å². The Kier molecular flexibility index (Phi) is 4.19. The van der Waals surface area contributed by atoms with Gasteiger partial charge in [-0.05, 0) is 43.5 Å². The van der Waals surface area contributed by atoms with Crippen LogP contribution in [0.3, 0.4) is 0 Å². The zero-order valence-corrected chi connectivity index (χ0v) is 16.9. The highest BCUT2D eigenvalue weighted by atomic mass is 15.3. The number of fused-ring (bicyclic) bond motifs is 1. The highest BCUT2D eigenvalue weighted by Crippen LogP contribution is 2.46. The molecule has 0 unspecified atom stereocenters. The molecular formula is C22H19N9. The van der Waals surface area contributed by atoms with Crippen molar-refractivity contribution < 1.29 is 0 Å². The molecule has 0 saturated heterocycles. The molecule has 9 nitrogen and oxygen atoms in total. The topological polar surface area (TPSA) is 146 Å². The van der Waals surface area contributed by atoms with Gasteiger partial charge in [-0.3, -0.25) is 14.8 Å². The second kappa shape index (κ2) is 6.92. The van der Waals surface area contributed by atoms with Crippen molar-refractivity contribution in [3.8, 4) is 34.8 Å². The minimum Gasteiger partial charge on any atom is -0.384 e. The van der Waals surface area contributed by atoms with Crippen molar-refractivity contribution in [3.63, 3.8) is 0 Å². The maximum atomic E-state index is 9.37. The minimum atomic E-state index is -0.446. The summed E-state index contributed by atoms with van der Waals surface area (Å²) in [5.41, 5.74) is 10.1. The lowest BCUT2D eigenvalue weighted by Crippen LogP contribution is -2.46. The molecule has 31 heavy (non-hydrogen) atoms. The Morgan fingerprint density at radius 1 is 1.32 bits per heavy atom. The van der Waals surface area contributed by atoms with Gasteiger partial charge in [0.15, 0.2) is 0 Å². The number of hydrogen-bond donors (Lipinski definition) is 2. The Balaban J connectivity index is 1.68. The van der Waals surface area contributed by atoms with Gasteiger partial charge in [-0.1, -0.05) is 0 Å². The summed E-state index contributed by atoms with van der Waals surface area (Å²) in [7, 11) is 0. The smallest absolute Gasteiger partial charge is 0.128 e. The Hall–Kier alpha value is -4.24. The third-order valence-corrected chi connectivity index (χ3v) is 6.00. The number of nitriles is 2. The number of nitrogens with zero attached hydrogens (tertiary/aromatic N) is 7. The minimum absolute atomic E-state index is 0.0446. The lowest BCUT2D eigenvalue weighted by molar-refractivity contribution is 0.0883. The predicted octanol–water partition coefficient (Wildman–Crippen LogP) is 3.32. The summed E-state index contributed by atoms with van der Waals surface area (Å²) in [6, 6.07) is 10.3. The van der Waals surface area contributed by atoms with Gasteiger partial charge in [-0.15, -0.1) is 0 Å². The van der Waals surface area contributed by atoms with E-state index in [2.05, 4.69) is 27.3 Å². The number of rotatable bonds is 4. The molecule has 0 aromatic carbocycles. The number of hydrogen-bond acceptors (Lipinski definition) is 7. The third kappa shape index (κ3) is 2.90. The van der Waals surface area contributed by atoms with Crippen LogP contribution in [0.25, 0.3) is 33.5 Å². The highest BCUT2D eigenvalue weighted by Gasteiger charge is 2.47. The van der Waals surface area contributed by atoms with Crippen LogP contribution in [0.2, 0.25) is 0 Å². The number of aryl methyl sites for hydroxylation is 1. The van der Waals surface area contributed by atoms with E-state index in [1.807, 2.05) is 36.0 Å². The number of nitrogens with one attached hydrogen (secondary N) is 1. The molecule has 4 aromatic rings. The van der Waals surface area contributed by atoms with Crippen LogP contribution in [-0.2, 0) is 5.54 Å². The van der Waals surface area contributed by atoms with Crippen molar-refractivity contribution >= 4 is 16.7 Å². The van der Waals surface area contributed by atoms with Gasteiger partial charge < -0.3 is 5.73 Å². The number of nitrogens with two attached hydrogens (primary N) is 1. The molecule has 9 heteroatoms. The summed E-state index contributed by atoms with van der Waals surface area (Å²) in [5.74, 6) is 0.387. The first-order valence-electron chi connectivity index (χ1n) is 9.93. The van der Waals surface area contributed by atoms with Crippen LogP contribution in [0.15, 0.2) is 36.8 Å². The van der Waals surface area contributed by atoms with Gasteiger partial charge in [0.25, 0.3) is 0 Å². The highest BCUT2D eigenvalue weighted by molar-refractivity contribution is 5.95. The average molecular weight is 409 g/mol. The first-order chi connectivity index (χ1) is 15.0. The molecule has 152 valence electrons. The van der Waals surface area contributed by atoms with E-state index in [0.717, 1.165) is 22.2 Å². The Labute approximate surface area is 178 Å². The summed E-state index contributed by atoms with van der Waals surface area (Å²) in [6.07, 6.45) is 6.88. The summed E-state index contributed by atoms with van der Waals surface area (Å²) < 4.78 is 1.86. The zero-order chi connectivity index (χ0) is 21.6. The SMILES string of the molecule is Cc1cn([C@]2(CC#N)C[C@@H](C#N)C2)nc1-c1nc(-c2cn[nH]c2N)cc2ncccc12. The zero-order valence-electron chi connectivity index (χ0n) is 16.9. The summed E-state index contributed by atoms with van der Waals surface area (Å²) >= 11 is 0. The van der Waals surface area contributed by atoms with Crippen molar-refractivity contribution in [2.75, 3.05) is 5.73 Å². The van der Waals surface area contributed by atoms with E-state index in [1.165, 1.54) is 0 Å². The van der Waals surface area contributed by atoms with E-state index in [9.17, 15) is 10.5 Å². The van der Waals surface area contributed by atoms with Crippen LogP contribution in [0, 0.1) is 35.5 Å². The van der Waals surface area contributed by atoms with Crippen molar-refractivity contribution in [1.82, 2.24) is 29.9 Å². The van der Waals surface area contributed by atoms with Crippen LogP contribution in [0.4, 0.5) is 5.82 Å². The molecule has 1 aliphatic rings. The molecule has 1 fully saturated rings. The van der Waals surface area contributed by atoms with Gasteiger partial charge >= 0.3 is 0 Å². The molecule has 0 amide bonds. The Bertz CT molecular complexity index is 1380. The van der Waals surface area contributed by atoms with Gasteiger partial charge in [0.2, 0.25) is 0 Å². The van der Waals surface area contributed by atoms with Crippen LogP contribution in [0.1, 0.15) is 24.8 Å². The number of aromatic amines is 1. The largest absolute Gasteiger partial charge is 0.384 e. The standard InChI is InChI=1S/C22H19N9/c1-13-12-31(22(4-5-23)8-14(9-22)10-24)30-19(13)20-15-3-2-6-26-17(15)7-18(28-20)16-11-27-29-21(16)25/h2-3,6-7,11-12,14H,4,8-9H2,1H3,(H3,25,27,29)/t14-,22-. The monoisotopic (exact) mass is 409 g/mol. The average Bonchev–Trinajstić information content (AvgIpc) is 3.35. The molecule has 0 atom stereocenters. The van der Waals surface area contributed by atoms with Gasteiger partial charge in [0.1, 0.15) is 17.2 Å². The second-order valence-corrected chi connectivity index (χ2v) is 8.02. The maximum absolute atomic E-state index is 9.37. The van der Waals surface area contributed by atoms with E-state index in [0.29, 0.717) is 42.0 Å². The van der Waals surface area contributed by atoms with Crippen molar-refractivity contribution in [2.24, 2.45) is 5.92 Å². The molecule has 4 heterocycles. The molecule has 5 rings (SSSR count). The van der Waals surface area contributed by atoms with Crippen LogP contribution >= 0.6 is 0 Å². The fourth-order valence-corrected chi connectivity index (χ4v) is 4.34. The number of H-pyrrole nitrogens is 1. The molecule has 4 aromatic heterocycles. The van der Waals surface area contributed by atoms with E-state index < -0.39 is 5.54 Å². The van der Waals surface area contributed by atoms with Gasteiger partial charge in [-0.25, -0.2) is 4.98 Å². The summed E-state index contributed by atoms with van der Waals surface area (Å²) in [4.78, 5) is 9.38. The maximum Gasteiger partial charge on any atom is 0.128 e. The molecule has 0 bridgehead atoms. The number of nitrogen functional groups attached to an aromatic ring is 1. The molecule has 3 N–H and O–H groups in total. The first-order valence-corrected chi connectivity index (χ1v) is 9.93. The van der Waals surface area contributed by atoms with E-state index >= 15 is 0 Å². The normalized spacial score (nSPS) is 20.2. The molecule has 0 aliphatic heterocycles. The molecule has 0 radical (unpaired) electrons. The quantitative estimate of drug-likeness (QED) is 0.525. The van der Waals surface area contributed by atoms with E-state index in [4.69, 9.17) is 15.8 Å². The van der Waals surface area contributed by atoms with Crippen molar-refractivity contribution in [3.05, 3.63) is 42.4 Å². The third-order valence-electron chi connectivity index (χ3n) is 6.00. The fourth-order valence-electron chi connectivity index (χ4n) is 4.34. The summed E-state index contributed by atoms with van der Waals surface area (Å²) in [5, 5.41) is 31.1. The van der Waals surface area contributed by atoms with Gasteiger partial charge in [-0.2, -0.15) is 20.7 Å². The lowest BCUT2D eigenvalue weighted by atomic mass is 9.67. The van der Waals surface area contributed by atoms with Crippen molar-refractivity contribution in [2.45, 2.75) is 31.7 Å². The first kappa shape index (κ1) is 18.8. The Morgan fingerprint density at radius 3 is 2.87 bits per heavy atom. The van der Waals surface area contributed by atoms with Gasteiger partial charge in [0.05, 0.1) is 53.0 Å². The lowest BCUT2D eigenvalue weighted by Gasteiger charge is -2.43. The number of pyridine rings is 2. The van der Waals surface area contributed by atoms with Gasteiger partial charge in [0, 0.05) is 17.8 Å². The number of anilines is 1. The summed E-state index contributed by atoms with van der Waals surface area (Å²) in [6.45, 7) is 1.97. The fraction of sp³-hybridized carbons (Fsp3) is 0.273. The predicted molar refractivity (Wildman–Crippen MR) is 114 cm³/mol. The Morgan fingerprint density at radius 2 is 2.16 bits per heavy atom. The second-order valence-electron chi connectivity index (χ2n) is 8.02. The molecule has 1 saturated carbocycles. The van der Waals surface area contributed by atoms with Crippen molar-refractivity contribution in [1.29, 1.82) is 10.5 Å².